The maximum Gasteiger partial charge on any atom is 0.263 e. The monoisotopic (exact) mass is 467 g/mol. The van der Waals surface area contributed by atoms with Crippen LogP contribution >= 0.6 is 0 Å². The van der Waals surface area contributed by atoms with E-state index in [1.807, 2.05) is 68.6 Å². The number of hydrogen-bond acceptors (Lipinski definition) is 6. The molecule has 4 N–H and O–H groups in total. The summed E-state index contributed by atoms with van der Waals surface area (Å²) in [4.78, 5) is 31.4. The largest absolute Gasteiger partial charge is 0.381 e. The Hall–Kier alpha value is -4.50. The Morgan fingerprint density at radius 3 is 2.69 bits per heavy atom. The van der Waals surface area contributed by atoms with Crippen molar-refractivity contribution in [2.45, 2.75) is 19.5 Å². The van der Waals surface area contributed by atoms with Crippen molar-refractivity contribution in [3.05, 3.63) is 100 Å². The van der Waals surface area contributed by atoms with E-state index >= 15 is 0 Å². The summed E-state index contributed by atoms with van der Waals surface area (Å²) in [6.07, 6.45) is 3.26. The van der Waals surface area contributed by atoms with E-state index in [0.29, 0.717) is 29.0 Å². The highest BCUT2D eigenvalue weighted by molar-refractivity contribution is 6.04. The van der Waals surface area contributed by atoms with Crippen molar-refractivity contribution in [1.29, 1.82) is 0 Å². The summed E-state index contributed by atoms with van der Waals surface area (Å²) < 4.78 is 3.12. The van der Waals surface area contributed by atoms with Gasteiger partial charge in [-0.25, -0.2) is 9.50 Å². The zero-order valence-electron chi connectivity index (χ0n) is 19.4. The van der Waals surface area contributed by atoms with Gasteiger partial charge in [-0.3, -0.25) is 14.2 Å². The van der Waals surface area contributed by atoms with Crippen molar-refractivity contribution in [3.63, 3.8) is 0 Å². The predicted octanol–water partition coefficient (Wildman–Crippen LogP) is 2.83. The second kappa shape index (κ2) is 9.03. The molecule has 0 aliphatic carbocycles. The molecule has 1 amide bonds. The molecular formula is C26H25N7O2. The SMILES string of the molecule is CNCc1cccc2cc(C(C)NC(=O)c3c(N)nn4cccnc34)n(-c3ccccc3)c(=O)c12. The summed E-state index contributed by atoms with van der Waals surface area (Å²) in [5, 5.41) is 11.7. The van der Waals surface area contributed by atoms with Crippen LogP contribution in [0, 0.1) is 0 Å². The summed E-state index contributed by atoms with van der Waals surface area (Å²) in [6, 6.07) is 18.3. The minimum absolute atomic E-state index is 0.0871. The molecule has 3 heterocycles. The van der Waals surface area contributed by atoms with Gasteiger partial charge in [0.2, 0.25) is 0 Å². The molecule has 0 aliphatic rings. The molecule has 0 aliphatic heterocycles. The Labute approximate surface area is 201 Å². The fourth-order valence-electron chi connectivity index (χ4n) is 4.42. The maximum atomic E-state index is 13.9. The van der Waals surface area contributed by atoms with Crippen LogP contribution in [0.3, 0.4) is 0 Å². The number of pyridine rings is 1. The van der Waals surface area contributed by atoms with Gasteiger partial charge >= 0.3 is 0 Å². The number of nitrogens with zero attached hydrogens (tertiary/aromatic N) is 4. The first-order valence-corrected chi connectivity index (χ1v) is 11.3. The van der Waals surface area contributed by atoms with Crippen LogP contribution in [0.15, 0.2) is 77.9 Å². The summed E-state index contributed by atoms with van der Waals surface area (Å²) in [7, 11) is 1.85. The minimum Gasteiger partial charge on any atom is -0.381 e. The van der Waals surface area contributed by atoms with Crippen molar-refractivity contribution in [2.24, 2.45) is 0 Å². The highest BCUT2D eigenvalue weighted by atomic mass is 16.2. The average molecular weight is 468 g/mol. The van der Waals surface area contributed by atoms with Gasteiger partial charge in [-0.2, -0.15) is 0 Å². The van der Waals surface area contributed by atoms with E-state index in [1.165, 1.54) is 4.52 Å². The van der Waals surface area contributed by atoms with E-state index in [-0.39, 0.29) is 16.9 Å². The van der Waals surface area contributed by atoms with Gasteiger partial charge in [-0.15, -0.1) is 5.10 Å². The normalized spacial score (nSPS) is 12.2. The Balaban J connectivity index is 1.64. The fraction of sp³-hybridized carbons (Fsp3) is 0.154. The van der Waals surface area contributed by atoms with Crippen LogP contribution in [0.2, 0.25) is 0 Å². The molecule has 5 rings (SSSR count). The number of amides is 1. The first-order chi connectivity index (χ1) is 17.0. The lowest BCUT2D eigenvalue weighted by Gasteiger charge is -2.21. The molecule has 5 aromatic rings. The molecule has 3 aromatic heterocycles. The molecule has 0 saturated carbocycles. The Bertz CT molecular complexity index is 1610. The van der Waals surface area contributed by atoms with Gasteiger partial charge in [0.15, 0.2) is 11.5 Å². The zero-order valence-corrected chi connectivity index (χ0v) is 19.4. The fourth-order valence-corrected chi connectivity index (χ4v) is 4.42. The van der Waals surface area contributed by atoms with Crippen LogP contribution in [0.1, 0.15) is 34.6 Å². The quantitative estimate of drug-likeness (QED) is 0.353. The number of nitrogens with one attached hydrogen (secondary N) is 2. The third-order valence-electron chi connectivity index (χ3n) is 5.98. The number of carbonyl (C=O) groups excluding carboxylic acids is 1. The summed E-state index contributed by atoms with van der Waals surface area (Å²) in [6.45, 7) is 2.40. The van der Waals surface area contributed by atoms with E-state index in [9.17, 15) is 9.59 Å². The number of aromatic nitrogens is 4. The van der Waals surface area contributed by atoms with Crippen molar-refractivity contribution in [2.75, 3.05) is 12.8 Å². The van der Waals surface area contributed by atoms with Gasteiger partial charge in [0, 0.05) is 30.3 Å². The molecule has 0 bridgehead atoms. The van der Waals surface area contributed by atoms with Gasteiger partial charge < -0.3 is 16.4 Å². The zero-order chi connectivity index (χ0) is 24.5. The summed E-state index contributed by atoms with van der Waals surface area (Å²) in [5.41, 5.74) is 8.73. The molecule has 9 heteroatoms. The van der Waals surface area contributed by atoms with Crippen LogP contribution in [-0.2, 0) is 6.54 Å². The number of anilines is 1. The predicted molar refractivity (Wildman–Crippen MR) is 136 cm³/mol. The molecular weight excluding hydrogens is 442 g/mol. The number of nitrogens with two attached hydrogens (primary N) is 1. The molecule has 0 saturated heterocycles. The number of hydrogen-bond donors (Lipinski definition) is 3. The lowest BCUT2D eigenvalue weighted by Crippen LogP contribution is -2.32. The van der Waals surface area contributed by atoms with Crippen LogP contribution in [0.5, 0.6) is 0 Å². The second-order valence-corrected chi connectivity index (χ2v) is 8.30. The molecule has 35 heavy (non-hydrogen) atoms. The van der Waals surface area contributed by atoms with Crippen LogP contribution < -0.4 is 21.9 Å². The maximum absolute atomic E-state index is 13.9. The molecule has 176 valence electrons. The number of para-hydroxylation sites is 1. The summed E-state index contributed by atoms with van der Waals surface area (Å²) in [5.74, 6) is -0.330. The molecule has 0 spiro atoms. The van der Waals surface area contributed by atoms with E-state index in [1.54, 1.807) is 23.0 Å². The highest BCUT2D eigenvalue weighted by Gasteiger charge is 2.23. The van der Waals surface area contributed by atoms with Crippen molar-refractivity contribution in [1.82, 2.24) is 29.8 Å². The first-order valence-electron chi connectivity index (χ1n) is 11.3. The Kier molecular flexibility index (Phi) is 5.76. The number of nitrogen functional groups attached to an aromatic ring is 1. The molecule has 1 unspecified atom stereocenters. The third kappa shape index (κ3) is 3.91. The van der Waals surface area contributed by atoms with E-state index in [4.69, 9.17) is 5.73 Å². The number of benzene rings is 2. The minimum atomic E-state index is -0.522. The average Bonchev–Trinajstić information content (AvgIpc) is 3.20. The Morgan fingerprint density at radius 1 is 1.11 bits per heavy atom. The van der Waals surface area contributed by atoms with Crippen molar-refractivity contribution < 1.29 is 4.79 Å². The van der Waals surface area contributed by atoms with Crippen LogP contribution in [0.25, 0.3) is 22.1 Å². The van der Waals surface area contributed by atoms with Gasteiger partial charge in [-0.1, -0.05) is 36.4 Å². The molecule has 2 aromatic carbocycles. The second-order valence-electron chi connectivity index (χ2n) is 8.30. The van der Waals surface area contributed by atoms with E-state index in [0.717, 1.165) is 10.9 Å². The lowest BCUT2D eigenvalue weighted by molar-refractivity contribution is 0.0941. The van der Waals surface area contributed by atoms with E-state index in [2.05, 4.69) is 20.7 Å². The number of fused-ring (bicyclic) bond motifs is 2. The van der Waals surface area contributed by atoms with E-state index < -0.39 is 11.9 Å². The molecule has 0 fully saturated rings. The van der Waals surface area contributed by atoms with Gasteiger partial charge in [-0.05, 0) is 49.2 Å². The number of rotatable bonds is 6. The Morgan fingerprint density at radius 2 is 1.91 bits per heavy atom. The molecule has 9 nitrogen and oxygen atoms in total. The third-order valence-corrected chi connectivity index (χ3v) is 5.98. The van der Waals surface area contributed by atoms with Crippen molar-refractivity contribution >= 4 is 28.1 Å². The highest BCUT2D eigenvalue weighted by Crippen LogP contribution is 2.24. The van der Waals surface area contributed by atoms with Crippen LogP contribution in [0.4, 0.5) is 5.82 Å². The lowest BCUT2D eigenvalue weighted by atomic mass is 10.0. The first kappa shape index (κ1) is 22.3. The van der Waals surface area contributed by atoms with Gasteiger partial charge in [0.25, 0.3) is 11.5 Å². The van der Waals surface area contributed by atoms with Gasteiger partial charge in [0.05, 0.1) is 11.4 Å². The number of carbonyl (C=O) groups is 1. The summed E-state index contributed by atoms with van der Waals surface area (Å²) >= 11 is 0. The van der Waals surface area contributed by atoms with Gasteiger partial charge in [0.1, 0.15) is 5.56 Å². The van der Waals surface area contributed by atoms with Crippen molar-refractivity contribution in [3.8, 4) is 5.69 Å². The smallest absolute Gasteiger partial charge is 0.263 e. The molecule has 1 atom stereocenters. The van der Waals surface area contributed by atoms with Crippen LogP contribution in [-0.4, -0.2) is 32.1 Å². The topological polar surface area (TPSA) is 119 Å². The molecule has 0 radical (unpaired) electrons. The standard InChI is InChI=1S/C26H25N7O2/c1-16(30-25(34)22-23(27)31-32-13-7-12-29-24(22)32)20-14-17-8-6-9-18(15-28-2)21(17)26(35)33(20)19-10-4-3-5-11-19/h3-14,16,28H,15H2,1-2H3,(H2,27,31)(H,30,34).